The molecule has 136 valence electrons. The third-order valence-corrected chi connectivity index (χ3v) is 6.25. The number of alkyl halides is 1. The molecule has 1 amide bonds. The Kier molecular flexibility index (Phi) is 4.95. The van der Waals surface area contributed by atoms with Crippen LogP contribution in [0.2, 0.25) is 0 Å². The van der Waals surface area contributed by atoms with Gasteiger partial charge in [-0.15, -0.1) is 11.6 Å². The van der Waals surface area contributed by atoms with Crippen LogP contribution in [-0.2, 0) is 16.1 Å². The number of pyridine rings is 1. The maximum Gasteiger partial charge on any atom is 0.220 e. The number of fused-ring (bicyclic) bond motifs is 2. The molecular weight excluding hydrogens is 340 g/mol. The molecule has 4 rings (SSSR count). The van der Waals surface area contributed by atoms with E-state index in [0.717, 1.165) is 24.8 Å². The van der Waals surface area contributed by atoms with Crippen LogP contribution >= 0.6 is 11.6 Å². The number of rotatable bonds is 3. The summed E-state index contributed by atoms with van der Waals surface area (Å²) in [7, 11) is 0. The number of carbonyl (C=O) groups excluding carboxylic acids is 1. The summed E-state index contributed by atoms with van der Waals surface area (Å²) < 4.78 is 5.80. The van der Waals surface area contributed by atoms with Gasteiger partial charge in [0.1, 0.15) is 0 Å². The number of hydrogen-bond donors (Lipinski definition) is 3. The zero-order valence-corrected chi connectivity index (χ0v) is 15.2. The summed E-state index contributed by atoms with van der Waals surface area (Å²) in [4.78, 5) is 16.3. The van der Waals surface area contributed by atoms with E-state index in [1.54, 1.807) is 0 Å². The fourth-order valence-electron chi connectivity index (χ4n) is 4.41. The monoisotopic (exact) mass is 364 g/mol. The Hall–Kier alpha value is -1.21. The Morgan fingerprint density at radius 2 is 2.20 bits per heavy atom. The second-order valence-corrected chi connectivity index (χ2v) is 7.73. The van der Waals surface area contributed by atoms with Gasteiger partial charge in [-0.25, -0.2) is 5.43 Å². The van der Waals surface area contributed by atoms with Crippen molar-refractivity contribution in [3.63, 3.8) is 0 Å². The summed E-state index contributed by atoms with van der Waals surface area (Å²) in [5.41, 5.74) is 10.1. The van der Waals surface area contributed by atoms with Gasteiger partial charge in [-0.3, -0.25) is 15.2 Å². The van der Waals surface area contributed by atoms with E-state index in [2.05, 4.69) is 21.2 Å². The lowest BCUT2D eigenvalue weighted by molar-refractivity contribution is -0.122. The predicted octanol–water partition coefficient (Wildman–Crippen LogP) is 2.10. The number of aromatic nitrogens is 1. The minimum absolute atomic E-state index is 0.0192. The van der Waals surface area contributed by atoms with Crippen molar-refractivity contribution in [3.8, 4) is 0 Å². The molecule has 6 nitrogen and oxygen atoms in total. The predicted molar refractivity (Wildman–Crippen MR) is 94.9 cm³/mol. The molecule has 3 N–H and O–H groups in total. The molecule has 0 spiro atoms. The minimum Gasteiger partial charge on any atom is -0.374 e. The first-order valence-corrected chi connectivity index (χ1v) is 9.60. The van der Waals surface area contributed by atoms with E-state index in [0.29, 0.717) is 37.5 Å². The van der Waals surface area contributed by atoms with Crippen molar-refractivity contribution >= 4 is 17.5 Å². The molecule has 0 radical (unpaired) electrons. The first-order chi connectivity index (χ1) is 12.2. The normalized spacial score (nSPS) is 34.2. The number of nitrogens with zero attached hydrogens (tertiary/aromatic N) is 1. The fraction of sp³-hybridized carbons (Fsp3) is 0.667. The van der Waals surface area contributed by atoms with Crippen LogP contribution in [0.1, 0.15) is 61.3 Å². The van der Waals surface area contributed by atoms with Gasteiger partial charge < -0.3 is 10.1 Å². The van der Waals surface area contributed by atoms with Crippen LogP contribution in [0.5, 0.6) is 0 Å². The van der Waals surface area contributed by atoms with Crippen molar-refractivity contribution < 1.29 is 9.53 Å². The molecule has 3 aliphatic rings. The SMILES string of the molecule is CCC(=O)NC1COCc2c(C3CCC4C(Cl)NNC4C3)cncc21. The van der Waals surface area contributed by atoms with Gasteiger partial charge in [-0.05, 0) is 36.3 Å². The molecule has 25 heavy (non-hydrogen) atoms. The van der Waals surface area contributed by atoms with Crippen LogP contribution < -0.4 is 16.2 Å². The number of ether oxygens (including phenoxy) is 1. The van der Waals surface area contributed by atoms with Gasteiger partial charge in [-0.2, -0.15) is 0 Å². The van der Waals surface area contributed by atoms with Crippen molar-refractivity contribution in [2.45, 2.75) is 62.7 Å². The summed E-state index contributed by atoms with van der Waals surface area (Å²) in [6, 6.07) is 0.302. The van der Waals surface area contributed by atoms with Crippen LogP contribution in [0.25, 0.3) is 0 Å². The lowest BCUT2D eigenvalue weighted by Crippen LogP contribution is -2.37. The van der Waals surface area contributed by atoms with Gasteiger partial charge in [0.15, 0.2) is 0 Å². The molecule has 5 atom stereocenters. The summed E-state index contributed by atoms with van der Waals surface area (Å²) in [6.45, 7) is 2.97. The fourth-order valence-corrected chi connectivity index (χ4v) is 4.77. The van der Waals surface area contributed by atoms with Crippen molar-refractivity contribution in [1.82, 2.24) is 21.2 Å². The van der Waals surface area contributed by atoms with E-state index in [1.807, 2.05) is 19.3 Å². The summed E-state index contributed by atoms with van der Waals surface area (Å²) in [5, 5.41) is 3.05. The highest BCUT2D eigenvalue weighted by Gasteiger charge is 2.40. The Labute approximate surface area is 153 Å². The molecule has 1 saturated carbocycles. The summed E-state index contributed by atoms with van der Waals surface area (Å²) >= 11 is 6.33. The molecule has 7 heteroatoms. The van der Waals surface area contributed by atoms with Crippen molar-refractivity contribution in [2.24, 2.45) is 5.92 Å². The van der Waals surface area contributed by atoms with Crippen LogP contribution in [0.15, 0.2) is 12.4 Å². The molecule has 1 aromatic rings. The van der Waals surface area contributed by atoms with Crippen LogP contribution in [0.3, 0.4) is 0 Å². The van der Waals surface area contributed by atoms with Gasteiger partial charge in [-0.1, -0.05) is 6.92 Å². The molecule has 2 fully saturated rings. The van der Waals surface area contributed by atoms with Gasteiger partial charge in [0, 0.05) is 36.3 Å². The highest BCUT2D eigenvalue weighted by Crippen LogP contribution is 2.42. The number of nitrogens with one attached hydrogen (secondary N) is 3. The third kappa shape index (κ3) is 3.28. The molecule has 5 unspecified atom stereocenters. The van der Waals surface area contributed by atoms with E-state index in [1.165, 1.54) is 11.1 Å². The van der Waals surface area contributed by atoms with E-state index < -0.39 is 0 Å². The van der Waals surface area contributed by atoms with Crippen molar-refractivity contribution in [3.05, 3.63) is 29.1 Å². The third-order valence-electron chi connectivity index (χ3n) is 5.81. The summed E-state index contributed by atoms with van der Waals surface area (Å²) in [5.74, 6) is 0.976. The summed E-state index contributed by atoms with van der Waals surface area (Å²) in [6.07, 6.45) is 7.60. The Balaban J connectivity index is 1.57. The van der Waals surface area contributed by atoms with Gasteiger partial charge in [0.25, 0.3) is 0 Å². The Morgan fingerprint density at radius 1 is 1.36 bits per heavy atom. The van der Waals surface area contributed by atoms with Gasteiger partial charge >= 0.3 is 0 Å². The highest BCUT2D eigenvalue weighted by molar-refractivity contribution is 6.20. The van der Waals surface area contributed by atoms with E-state index in [4.69, 9.17) is 16.3 Å². The maximum absolute atomic E-state index is 11.8. The minimum atomic E-state index is -0.0986. The quantitative estimate of drug-likeness (QED) is 0.565. The van der Waals surface area contributed by atoms with Crippen LogP contribution in [0.4, 0.5) is 0 Å². The van der Waals surface area contributed by atoms with Gasteiger partial charge in [0.2, 0.25) is 5.91 Å². The molecule has 1 saturated heterocycles. The number of hydrogen-bond acceptors (Lipinski definition) is 5. The number of carbonyl (C=O) groups is 1. The average Bonchev–Trinajstić information content (AvgIpc) is 3.02. The second-order valence-electron chi connectivity index (χ2n) is 7.26. The average molecular weight is 365 g/mol. The number of hydrazine groups is 1. The lowest BCUT2D eigenvalue weighted by atomic mass is 9.75. The second kappa shape index (κ2) is 7.19. The maximum atomic E-state index is 11.8. The topological polar surface area (TPSA) is 75.3 Å². The number of halogens is 1. The molecule has 0 bridgehead atoms. The first kappa shape index (κ1) is 17.2. The largest absolute Gasteiger partial charge is 0.374 e. The molecule has 3 heterocycles. The standard InChI is InChI=1S/C18H25ClN4O2/c1-2-17(24)21-16-9-25-8-14-12(6-20-7-13(14)16)10-3-4-11-15(5-10)22-23-18(11)19/h6-7,10-11,15-16,18,22-23H,2-5,8-9H2,1H3,(H,21,24). The van der Waals surface area contributed by atoms with E-state index >= 15 is 0 Å². The van der Waals surface area contributed by atoms with Crippen molar-refractivity contribution in [2.75, 3.05) is 6.61 Å². The zero-order valence-electron chi connectivity index (χ0n) is 14.4. The molecule has 0 aromatic carbocycles. The Morgan fingerprint density at radius 3 is 3.04 bits per heavy atom. The Bertz CT molecular complexity index is 656. The molecular formula is C18H25ClN4O2. The molecule has 1 aromatic heterocycles. The smallest absolute Gasteiger partial charge is 0.220 e. The molecule has 2 aliphatic heterocycles. The van der Waals surface area contributed by atoms with Gasteiger partial charge in [0.05, 0.1) is 24.8 Å². The first-order valence-electron chi connectivity index (χ1n) is 9.16. The zero-order chi connectivity index (χ0) is 17.4. The number of amides is 1. The van der Waals surface area contributed by atoms with Crippen LogP contribution in [-0.4, -0.2) is 29.0 Å². The molecule has 1 aliphatic carbocycles. The van der Waals surface area contributed by atoms with Crippen LogP contribution in [0, 0.1) is 5.92 Å². The van der Waals surface area contributed by atoms with Crippen molar-refractivity contribution in [1.29, 1.82) is 0 Å². The lowest BCUT2D eigenvalue weighted by Gasteiger charge is -2.35. The van der Waals surface area contributed by atoms with E-state index in [-0.39, 0.29) is 17.5 Å². The highest BCUT2D eigenvalue weighted by atomic mass is 35.5. The van der Waals surface area contributed by atoms with E-state index in [9.17, 15) is 4.79 Å².